The smallest absolute Gasteiger partial charge is 0.410 e. The first-order valence-corrected chi connectivity index (χ1v) is 34.5. The molecule has 3 aliphatic heterocycles. The zero-order valence-electron chi connectivity index (χ0n) is 57.0. The number of nitrogens with one attached hydrogen (secondary N) is 3. The van der Waals surface area contributed by atoms with E-state index in [4.69, 9.17) is 38.5 Å². The first kappa shape index (κ1) is 75.5. The molecule has 5 N–H and O–H groups in total. The predicted octanol–water partition coefficient (Wildman–Crippen LogP) is 8.82. The van der Waals surface area contributed by atoms with Gasteiger partial charge in [0.1, 0.15) is 18.1 Å². The Kier molecular flexibility index (Phi) is 25.5. The second-order valence-corrected chi connectivity index (χ2v) is 29.1. The van der Waals surface area contributed by atoms with E-state index in [1.807, 2.05) is 60.7 Å². The monoisotopic (exact) mass is 1380 g/mol. The molecule has 5 aromatic rings. The Morgan fingerprint density at radius 1 is 0.755 bits per heavy atom. The largest absolute Gasteiger partial charge is 0.438 e. The molecule has 0 saturated carbocycles. The van der Waals surface area contributed by atoms with Crippen LogP contribution in [-0.2, 0) is 121 Å². The minimum atomic E-state index is -5.60. The Balaban J connectivity index is 0.786. The van der Waals surface area contributed by atoms with E-state index in [0.717, 1.165) is 77.6 Å². The van der Waals surface area contributed by atoms with Gasteiger partial charge in [-0.2, -0.15) is 8.78 Å². The van der Waals surface area contributed by atoms with Crippen molar-refractivity contribution in [3.05, 3.63) is 140 Å². The molecule has 98 heavy (non-hydrogen) atoms. The number of imidazole rings is 1. The number of anilines is 1. The lowest BCUT2D eigenvalue weighted by atomic mass is 9.98. The van der Waals surface area contributed by atoms with E-state index in [9.17, 15) is 47.7 Å². The van der Waals surface area contributed by atoms with Crippen LogP contribution in [-0.4, -0.2) is 121 Å². The highest BCUT2D eigenvalue weighted by molar-refractivity contribution is 7.54. The molecular weight excluding hydrogens is 1290 g/mol. The van der Waals surface area contributed by atoms with Crippen molar-refractivity contribution in [2.45, 2.75) is 175 Å². The minimum absolute atomic E-state index is 0.0531. The molecule has 8 rings (SSSR count). The number of nitrogens with two attached hydrogens (primary N) is 1. The fourth-order valence-electron chi connectivity index (χ4n) is 11.7. The number of allylic oxidation sites excluding steroid dienone is 1. The summed E-state index contributed by atoms with van der Waals surface area (Å²) in [7, 11) is -3.93. The van der Waals surface area contributed by atoms with Crippen LogP contribution in [0.2, 0.25) is 0 Å². The number of primary amides is 1. The average molecular weight is 1380 g/mol. The van der Waals surface area contributed by atoms with Crippen LogP contribution in [0.5, 0.6) is 0 Å². The van der Waals surface area contributed by atoms with Gasteiger partial charge >= 0.3 is 30.9 Å². The van der Waals surface area contributed by atoms with E-state index >= 15 is 8.78 Å². The summed E-state index contributed by atoms with van der Waals surface area (Å²) in [4.78, 5) is 119. The summed E-state index contributed by atoms with van der Waals surface area (Å²) in [6.45, 7) is 12.5. The molecule has 0 aliphatic carbocycles. The highest BCUT2D eigenvalue weighted by atomic mass is 31.2. The van der Waals surface area contributed by atoms with Crippen LogP contribution in [0.25, 0.3) is 16.6 Å². The van der Waals surface area contributed by atoms with Gasteiger partial charge in [-0.05, 0) is 164 Å². The van der Waals surface area contributed by atoms with Gasteiger partial charge in [0.15, 0.2) is 0 Å². The van der Waals surface area contributed by atoms with E-state index in [0.29, 0.717) is 55.2 Å². The molecule has 0 spiro atoms. The third-order valence-corrected chi connectivity index (χ3v) is 19.2. The number of esters is 2. The van der Waals surface area contributed by atoms with Crippen LogP contribution in [0.4, 0.5) is 14.5 Å². The van der Waals surface area contributed by atoms with Crippen molar-refractivity contribution < 1.29 is 84.4 Å². The number of benzene rings is 4. The molecule has 1 saturated heterocycles. The highest BCUT2D eigenvalue weighted by Gasteiger charge is 2.56. The highest BCUT2D eigenvalue weighted by Crippen LogP contribution is 2.67. The molecule has 5 atom stereocenters. The van der Waals surface area contributed by atoms with Crippen molar-refractivity contribution in [1.29, 1.82) is 0 Å². The summed E-state index contributed by atoms with van der Waals surface area (Å²) < 4.78 is 87.3. The van der Waals surface area contributed by atoms with Gasteiger partial charge in [-0.25, -0.2) is 4.79 Å². The fourth-order valence-corrected chi connectivity index (χ4v) is 12.9. The Bertz CT molecular complexity index is 3840. The summed E-state index contributed by atoms with van der Waals surface area (Å²) in [5.41, 5.74) is 5.14. The number of fused-ring (bicyclic) bond motifs is 1. The van der Waals surface area contributed by atoms with E-state index in [-0.39, 0.29) is 56.7 Å². The van der Waals surface area contributed by atoms with Crippen LogP contribution in [0.3, 0.4) is 0 Å². The van der Waals surface area contributed by atoms with Gasteiger partial charge in [-0.15, -0.1) is 0 Å². The van der Waals surface area contributed by atoms with Crippen molar-refractivity contribution in [3.8, 4) is 0 Å². The third kappa shape index (κ3) is 19.1. The molecule has 24 nitrogen and oxygen atoms in total. The number of aryl methyl sites for hydroxylation is 4. The maximum absolute atomic E-state index is 16.3. The number of hydrogen-bond acceptors (Lipinski definition) is 17. The van der Waals surface area contributed by atoms with Gasteiger partial charge in [0.25, 0.3) is 0 Å². The molecule has 4 aromatic carbocycles. The number of imide groups is 1. The van der Waals surface area contributed by atoms with Crippen LogP contribution in [0.15, 0.2) is 95.8 Å². The molecule has 1 fully saturated rings. The number of rotatable bonds is 33. The van der Waals surface area contributed by atoms with Crippen LogP contribution in [0, 0.1) is 10.8 Å². The van der Waals surface area contributed by atoms with Gasteiger partial charge < -0.3 is 40.1 Å². The number of ether oxygens (including phenoxy) is 5. The normalized spacial score (nSPS) is 17.4. The molecule has 1 aromatic heterocycles. The quantitative estimate of drug-likeness (QED) is 0.00761. The number of hydrogen-bond donors (Lipinski definition) is 4. The first-order chi connectivity index (χ1) is 46.4. The van der Waals surface area contributed by atoms with Crippen molar-refractivity contribution in [2.75, 3.05) is 44.9 Å². The maximum atomic E-state index is 16.3. The number of halogens is 2. The minimum Gasteiger partial charge on any atom is -0.438 e. The summed E-state index contributed by atoms with van der Waals surface area (Å²) in [6.07, 6.45) is 5.76. The number of aromatic nitrogens is 2. The molecule has 0 bridgehead atoms. The van der Waals surface area contributed by atoms with Crippen molar-refractivity contribution in [1.82, 2.24) is 25.1 Å². The van der Waals surface area contributed by atoms with E-state index in [1.165, 1.54) is 73.8 Å². The van der Waals surface area contributed by atoms with Gasteiger partial charge in [0.05, 0.1) is 46.3 Å². The second-order valence-electron chi connectivity index (χ2n) is 27.0. The molecule has 1 unspecified atom stereocenters. The van der Waals surface area contributed by atoms with E-state index < -0.39 is 115 Å². The lowest BCUT2D eigenvalue weighted by Gasteiger charge is -2.31. The lowest BCUT2D eigenvalue weighted by Crippen LogP contribution is -2.56. The molecule has 4 heterocycles. The Morgan fingerprint density at radius 3 is 1.96 bits per heavy atom. The van der Waals surface area contributed by atoms with Gasteiger partial charge in [0, 0.05) is 64.4 Å². The van der Waals surface area contributed by atoms with Crippen LogP contribution in [0.1, 0.15) is 152 Å². The summed E-state index contributed by atoms with van der Waals surface area (Å²) in [6, 6.07) is 20.2. The number of nitrogens with zero attached hydrogens (tertiary/aromatic N) is 3. The zero-order valence-corrected chi connectivity index (χ0v) is 57.9. The van der Waals surface area contributed by atoms with E-state index in [2.05, 4.69) is 16.0 Å². The summed E-state index contributed by atoms with van der Waals surface area (Å²) in [5.74, 6) is -4.75. The van der Waals surface area contributed by atoms with E-state index in [1.54, 1.807) is 20.9 Å². The number of para-hydroxylation sites is 1. The van der Waals surface area contributed by atoms with Gasteiger partial charge in [0.2, 0.25) is 49.0 Å². The zero-order chi connectivity index (χ0) is 71.3. The summed E-state index contributed by atoms with van der Waals surface area (Å²) in [5, 5.41) is 8.19. The Labute approximate surface area is 568 Å². The SMILES string of the molecule is C/C(=C\C(=O)N[C@H]1CCc2cccc3c2N(C1=O)[C@H](C(=O)N[C@@H](CCC(N)=O)[C@@H](C)OCc1ccc(CCCOCCCOCCCc2ccc4c(c2)n(C)c(=O)n4C2CCC(=O)NC2=O)cc1)C3)c1ccc(C(F)(F)P(=O)(OCOC(=O)C(C)(C)C)OCOC(=O)C(C)(C)C)cc1. The molecule has 530 valence electrons. The number of piperidine rings is 1. The molecule has 27 heteroatoms. The van der Waals surface area contributed by atoms with Gasteiger partial charge in [-0.1, -0.05) is 72.8 Å². The first-order valence-electron chi connectivity index (χ1n) is 33.0. The number of amides is 6. The maximum Gasteiger partial charge on any atom is 0.410 e. The number of carbonyl (C=O) groups excluding carboxylic acids is 8. The lowest BCUT2D eigenvalue weighted by molar-refractivity contribution is -0.163. The van der Waals surface area contributed by atoms with Crippen LogP contribution >= 0.6 is 7.60 Å². The number of alkyl halides is 2. The third-order valence-electron chi connectivity index (χ3n) is 17.3. The second kappa shape index (κ2) is 33.1. The van der Waals surface area contributed by atoms with Crippen molar-refractivity contribution >= 4 is 77.3 Å². The molecule has 0 radical (unpaired) electrons. The predicted molar refractivity (Wildman–Crippen MR) is 359 cm³/mol. The fraction of sp³-hybridized carbons (Fsp3) is 0.507. The topological polar surface area (TPSA) is 311 Å². The molecule has 6 amide bonds. The number of carbonyl (C=O) groups is 8. The summed E-state index contributed by atoms with van der Waals surface area (Å²) >= 11 is 0. The Hall–Kier alpha value is -8.26. The Morgan fingerprint density at radius 2 is 1.35 bits per heavy atom. The van der Waals surface area contributed by atoms with Crippen molar-refractivity contribution in [3.63, 3.8) is 0 Å². The van der Waals surface area contributed by atoms with Crippen LogP contribution < -0.4 is 32.3 Å². The average Bonchev–Trinajstić information content (AvgIpc) is 1.54. The van der Waals surface area contributed by atoms with Crippen molar-refractivity contribution in [2.24, 2.45) is 23.6 Å². The standard InChI is InChI=1S/C71H90F2N7O17P/c1-44(49-23-26-52(27-24-49)71(72,73)98(90,96-42-94-66(87)69(3,4)5)97-43-95-67(88)70(6,7)8)38-61(83)75-54-28-25-50-16-10-17-51-40-58(80(62(50)51)65(54)86)64(85)76-53(29-32-59(74)81)45(2)93-41-48-20-18-46(19-21-48)14-11-34-91-36-13-37-92-35-12-15-47-22-30-55-57(39-47)78(9)68(89)79(55)56-31-33-60(82)77-63(56)84/h10,16-24,26-27,30,38-39,45,53-54,56,58H,11-15,25,28-29,31-37,40-43H2,1-9H3,(H2,74,81)(H,75,83)(H,76,85)(H,77,82,84)/b44-38+/t45-,53+,54+,56?,58+/m1/s1. The van der Waals surface area contributed by atoms with Gasteiger partial charge in [-0.3, -0.25) is 71.3 Å². The molecular formula is C71H90F2N7O17P. The molecule has 3 aliphatic rings.